The summed E-state index contributed by atoms with van der Waals surface area (Å²) in [5.41, 5.74) is 2.79. The first-order valence-corrected chi connectivity index (χ1v) is 10.9. The average molecular weight is 421 g/mol. The summed E-state index contributed by atoms with van der Waals surface area (Å²) in [6.07, 6.45) is 1.33. The summed E-state index contributed by atoms with van der Waals surface area (Å²) < 4.78 is 38.5. The molecule has 0 bridgehead atoms. The molecule has 6 heteroatoms. The van der Waals surface area contributed by atoms with Crippen LogP contribution in [0.3, 0.4) is 0 Å². The van der Waals surface area contributed by atoms with Crippen molar-refractivity contribution in [3.05, 3.63) is 101 Å². The first-order chi connectivity index (χ1) is 14.4. The van der Waals surface area contributed by atoms with E-state index in [0.717, 1.165) is 43.0 Å². The van der Waals surface area contributed by atoms with Crippen LogP contribution in [-0.2, 0) is 16.4 Å². The Morgan fingerprint density at radius 3 is 2.20 bits per heavy atom. The van der Waals surface area contributed by atoms with Crippen LogP contribution < -0.4 is 4.90 Å². The van der Waals surface area contributed by atoms with Gasteiger partial charge in [0, 0.05) is 18.8 Å². The number of allylic oxidation sites excluding steroid dienone is 1. The average Bonchev–Trinajstić information content (AvgIpc) is 2.77. The van der Waals surface area contributed by atoms with Crippen molar-refractivity contribution < 1.29 is 12.8 Å². The van der Waals surface area contributed by atoms with Gasteiger partial charge in [-0.1, -0.05) is 42.5 Å². The zero-order valence-electron chi connectivity index (χ0n) is 16.5. The molecular weight excluding hydrogens is 399 g/mol. The summed E-state index contributed by atoms with van der Waals surface area (Å²) in [6, 6.07) is 23.7. The van der Waals surface area contributed by atoms with Crippen molar-refractivity contribution in [1.82, 2.24) is 0 Å². The number of benzene rings is 3. The predicted octanol–water partition coefficient (Wildman–Crippen LogP) is 5.19. The van der Waals surface area contributed by atoms with Crippen molar-refractivity contribution in [2.24, 2.45) is 0 Å². The molecule has 0 fully saturated rings. The molecular formula is C24H21FN2O2S. The second kappa shape index (κ2) is 9.38. The van der Waals surface area contributed by atoms with E-state index in [1.807, 2.05) is 30.3 Å². The monoisotopic (exact) mass is 420 g/mol. The van der Waals surface area contributed by atoms with Crippen molar-refractivity contribution in [2.45, 2.75) is 18.4 Å². The normalized spacial score (nSPS) is 11.7. The van der Waals surface area contributed by atoms with E-state index in [0.29, 0.717) is 5.56 Å². The lowest BCUT2D eigenvalue weighted by molar-refractivity contribution is 0.601. The molecule has 0 N–H and O–H groups in total. The molecule has 3 rings (SSSR count). The van der Waals surface area contributed by atoms with E-state index >= 15 is 0 Å². The fraction of sp³-hybridized carbons (Fsp3) is 0.125. The van der Waals surface area contributed by atoms with Gasteiger partial charge in [-0.15, -0.1) is 0 Å². The Kier molecular flexibility index (Phi) is 6.65. The minimum absolute atomic E-state index is 0.117. The first-order valence-electron chi connectivity index (χ1n) is 9.45. The van der Waals surface area contributed by atoms with Gasteiger partial charge in [0.1, 0.15) is 16.8 Å². The van der Waals surface area contributed by atoms with Gasteiger partial charge in [-0.25, -0.2) is 12.8 Å². The molecule has 3 aromatic rings. The zero-order valence-corrected chi connectivity index (χ0v) is 17.3. The molecule has 0 unspecified atom stereocenters. The summed E-state index contributed by atoms with van der Waals surface area (Å²) in [5.74, 6) is -0.539. The molecule has 0 spiro atoms. The van der Waals surface area contributed by atoms with E-state index in [4.69, 9.17) is 0 Å². The number of nitriles is 1. The van der Waals surface area contributed by atoms with Crippen LogP contribution >= 0.6 is 0 Å². The molecule has 4 nitrogen and oxygen atoms in total. The van der Waals surface area contributed by atoms with Gasteiger partial charge in [0.05, 0.1) is 4.90 Å². The third kappa shape index (κ3) is 4.94. The van der Waals surface area contributed by atoms with Crippen LogP contribution in [0.25, 0.3) is 6.08 Å². The highest BCUT2D eigenvalue weighted by Crippen LogP contribution is 2.23. The van der Waals surface area contributed by atoms with E-state index in [1.54, 1.807) is 18.2 Å². The standard InChI is InChI=1S/C24H21FN2O2S/c1-2-27(18-20-6-4-3-5-7-20)22-12-8-19(9-13-22)16-24(17-26)30(28,29)23-14-10-21(25)11-15-23/h3-16H,2,18H2,1H3/b24-16+. The Morgan fingerprint density at radius 1 is 1.00 bits per heavy atom. The number of sulfone groups is 1. The Balaban J connectivity index is 1.84. The Hall–Kier alpha value is -3.43. The van der Waals surface area contributed by atoms with Crippen molar-refractivity contribution in [3.8, 4) is 6.07 Å². The van der Waals surface area contributed by atoms with Gasteiger partial charge >= 0.3 is 0 Å². The molecule has 3 aromatic carbocycles. The number of halogens is 1. The highest BCUT2D eigenvalue weighted by atomic mass is 32.2. The highest BCUT2D eigenvalue weighted by Gasteiger charge is 2.20. The summed E-state index contributed by atoms with van der Waals surface area (Å²) >= 11 is 0. The van der Waals surface area contributed by atoms with Crippen LogP contribution in [-0.4, -0.2) is 15.0 Å². The topological polar surface area (TPSA) is 61.2 Å². The van der Waals surface area contributed by atoms with Crippen LogP contribution in [0.15, 0.2) is 88.7 Å². The molecule has 30 heavy (non-hydrogen) atoms. The Morgan fingerprint density at radius 2 is 1.63 bits per heavy atom. The smallest absolute Gasteiger partial charge is 0.216 e. The van der Waals surface area contributed by atoms with E-state index in [2.05, 4.69) is 24.0 Å². The maximum atomic E-state index is 13.1. The molecule has 0 radical (unpaired) electrons. The van der Waals surface area contributed by atoms with Crippen LogP contribution in [0.5, 0.6) is 0 Å². The molecule has 0 aliphatic rings. The lowest BCUT2D eigenvalue weighted by Gasteiger charge is -2.23. The second-order valence-electron chi connectivity index (χ2n) is 6.67. The highest BCUT2D eigenvalue weighted by molar-refractivity contribution is 7.95. The summed E-state index contributed by atoms with van der Waals surface area (Å²) in [5, 5.41) is 9.40. The second-order valence-corrected chi connectivity index (χ2v) is 8.59. The van der Waals surface area contributed by atoms with Gasteiger partial charge < -0.3 is 4.90 Å². The van der Waals surface area contributed by atoms with Crippen molar-refractivity contribution in [3.63, 3.8) is 0 Å². The lowest BCUT2D eigenvalue weighted by Crippen LogP contribution is -2.21. The fourth-order valence-corrected chi connectivity index (χ4v) is 4.19. The van der Waals surface area contributed by atoms with Gasteiger partial charge in [-0.05, 0) is 60.5 Å². The van der Waals surface area contributed by atoms with Gasteiger partial charge in [0.25, 0.3) is 0 Å². The SMILES string of the molecule is CCN(Cc1ccccc1)c1ccc(/C=C(\C#N)S(=O)(=O)c2ccc(F)cc2)cc1. The van der Waals surface area contributed by atoms with Crippen molar-refractivity contribution in [1.29, 1.82) is 5.26 Å². The summed E-state index contributed by atoms with van der Waals surface area (Å²) in [6.45, 7) is 3.64. The zero-order chi connectivity index (χ0) is 21.6. The molecule has 152 valence electrons. The molecule has 0 saturated heterocycles. The van der Waals surface area contributed by atoms with Gasteiger partial charge in [0.15, 0.2) is 0 Å². The molecule has 0 aromatic heterocycles. The fourth-order valence-electron chi connectivity index (χ4n) is 3.03. The Bertz CT molecular complexity index is 1160. The van der Waals surface area contributed by atoms with Crippen molar-refractivity contribution in [2.75, 3.05) is 11.4 Å². The summed E-state index contributed by atoms with van der Waals surface area (Å²) in [7, 11) is -4.01. The van der Waals surface area contributed by atoms with E-state index in [9.17, 15) is 18.1 Å². The molecule has 0 atom stereocenters. The van der Waals surface area contributed by atoms with Crippen LogP contribution in [0.1, 0.15) is 18.1 Å². The van der Waals surface area contributed by atoms with Gasteiger partial charge in [-0.3, -0.25) is 0 Å². The first kappa shape index (κ1) is 21.3. The largest absolute Gasteiger partial charge is 0.367 e. The van der Waals surface area contributed by atoms with Crippen LogP contribution in [0, 0.1) is 17.1 Å². The minimum Gasteiger partial charge on any atom is -0.367 e. The number of hydrogen-bond donors (Lipinski definition) is 0. The van der Waals surface area contributed by atoms with Crippen molar-refractivity contribution >= 4 is 21.6 Å². The van der Waals surface area contributed by atoms with Gasteiger partial charge in [0.2, 0.25) is 9.84 Å². The van der Waals surface area contributed by atoms with E-state index in [1.165, 1.54) is 11.6 Å². The van der Waals surface area contributed by atoms with Crippen LogP contribution in [0.4, 0.5) is 10.1 Å². The number of nitrogens with zero attached hydrogens (tertiary/aromatic N) is 2. The quantitative estimate of drug-likeness (QED) is 0.390. The summed E-state index contributed by atoms with van der Waals surface area (Å²) in [4.78, 5) is 1.69. The van der Waals surface area contributed by atoms with E-state index in [-0.39, 0.29) is 4.90 Å². The number of hydrogen-bond acceptors (Lipinski definition) is 4. The minimum atomic E-state index is -4.01. The lowest BCUT2D eigenvalue weighted by atomic mass is 10.1. The van der Waals surface area contributed by atoms with E-state index < -0.39 is 20.6 Å². The molecule has 0 aliphatic carbocycles. The predicted molar refractivity (Wildman–Crippen MR) is 117 cm³/mol. The third-order valence-corrected chi connectivity index (χ3v) is 6.36. The van der Waals surface area contributed by atoms with Crippen LogP contribution in [0.2, 0.25) is 0 Å². The maximum absolute atomic E-state index is 13.1. The third-order valence-electron chi connectivity index (χ3n) is 4.68. The molecule has 0 amide bonds. The Labute approximate surface area is 176 Å². The molecule has 0 saturated carbocycles. The molecule has 0 heterocycles. The maximum Gasteiger partial charge on any atom is 0.216 e. The number of anilines is 1. The molecule has 0 aliphatic heterocycles. The number of rotatable bonds is 7. The van der Waals surface area contributed by atoms with Gasteiger partial charge in [-0.2, -0.15) is 5.26 Å².